The third kappa shape index (κ3) is 2.34. The topological polar surface area (TPSA) is 17.1 Å². The van der Waals surface area contributed by atoms with Crippen LogP contribution in [0.15, 0.2) is 30.3 Å². The largest absolute Gasteiger partial charge is 0.294 e. The summed E-state index contributed by atoms with van der Waals surface area (Å²) in [6.07, 6.45) is 5.99. The van der Waals surface area contributed by atoms with Crippen LogP contribution in [0.1, 0.15) is 49.4 Å². The highest BCUT2D eigenvalue weighted by Gasteiger charge is 2.29. The molecule has 1 aromatic rings. The molecule has 2 atom stereocenters. The minimum atomic E-state index is 0.279. The van der Waals surface area contributed by atoms with E-state index < -0.39 is 0 Å². The zero-order valence-corrected chi connectivity index (χ0v) is 9.99. The van der Waals surface area contributed by atoms with E-state index in [2.05, 4.69) is 6.92 Å². The third-order valence-electron chi connectivity index (χ3n) is 3.83. The highest BCUT2D eigenvalue weighted by atomic mass is 16.1. The summed E-state index contributed by atoms with van der Waals surface area (Å²) in [5.74, 6) is 1.26. The Kier molecular flexibility index (Phi) is 3.76. The number of carbonyl (C=O) groups is 1. The van der Waals surface area contributed by atoms with Gasteiger partial charge in [0.25, 0.3) is 0 Å². The van der Waals surface area contributed by atoms with E-state index in [0.29, 0.717) is 11.7 Å². The second kappa shape index (κ2) is 5.29. The van der Waals surface area contributed by atoms with Gasteiger partial charge < -0.3 is 0 Å². The number of ketones is 1. The molecule has 1 aliphatic carbocycles. The van der Waals surface area contributed by atoms with Crippen LogP contribution >= 0.6 is 0 Å². The lowest BCUT2D eigenvalue weighted by molar-refractivity contribution is 0.0820. The van der Waals surface area contributed by atoms with Crippen LogP contribution in [-0.4, -0.2) is 5.78 Å². The molecule has 16 heavy (non-hydrogen) atoms. The van der Waals surface area contributed by atoms with Crippen molar-refractivity contribution < 1.29 is 4.79 Å². The van der Waals surface area contributed by atoms with Gasteiger partial charge in [-0.25, -0.2) is 0 Å². The first-order valence-electron chi connectivity index (χ1n) is 6.42. The Bertz CT molecular complexity index is 342. The van der Waals surface area contributed by atoms with Crippen LogP contribution < -0.4 is 0 Å². The molecule has 86 valence electrons. The van der Waals surface area contributed by atoms with Gasteiger partial charge in [-0.1, -0.05) is 56.5 Å². The summed E-state index contributed by atoms with van der Waals surface area (Å²) in [4.78, 5) is 12.4. The summed E-state index contributed by atoms with van der Waals surface area (Å²) in [5, 5.41) is 0. The Morgan fingerprint density at radius 1 is 1.19 bits per heavy atom. The molecule has 1 saturated carbocycles. The fourth-order valence-corrected chi connectivity index (χ4v) is 2.86. The molecule has 0 spiro atoms. The smallest absolute Gasteiger partial charge is 0.166 e. The number of hydrogen-bond donors (Lipinski definition) is 0. The standard InChI is InChI=1S/C15H20O/c1-2-12-8-6-7-11-14(12)15(16)13-9-4-3-5-10-13/h3-5,9-10,12,14H,2,6-8,11H2,1H3/t12-,14-/m0/s1. The van der Waals surface area contributed by atoms with Crippen LogP contribution in [0.5, 0.6) is 0 Å². The van der Waals surface area contributed by atoms with E-state index in [1.165, 1.54) is 19.3 Å². The predicted octanol–water partition coefficient (Wildman–Crippen LogP) is 4.09. The first-order valence-corrected chi connectivity index (χ1v) is 6.42. The monoisotopic (exact) mass is 216 g/mol. The quantitative estimate of drug-likeness (QED) is 0.696. The second-order valence-electron chi connectivity index (χ2n) is 4.79. The Morgan fingerprint density at radius 3 is 2.56 bits per heavy atom. The van der Waals surface area contributed by atoms with E-state index in [-0.39, 0.29) is 5.92 Å². The van der Waals surface area contributed by atoms with Crippen LogP contribution in [-0.2, 0) is 0 Å². The Labute approximate surface area is 97.9 Å². The van der Waals surface area contributed by atoms with E-state index in [9.17, 15) is 4.79 Å². The molecule has 0 bridgehead atoms. The van der Waals surface area contributed by atoms with E-state index in [1.807, 2.05) is 30.3 Å². The molecule has 1 aromatic carbocycles. The molecule has 0 N–H and O–H groups in total. The molecule has 2 rings (SSSR count). The summed E-state index contributed by atoms with van der Waals surface area (Å²) < 4.78 is 0. The fourth-order valence-electron chi connectivity index (χ4n) is 2.86. The average Bonchev–Trinajstić information content (AvgIpc) is 2.39. The van der Waals surface area contributed by atoms with E-state index in [0.717, 1.165) is 18.4 Å². The van der Waals surface area contributed by atoms with Gasteiger partial charge in [0, 0.05) is 11.5 Å². The van der Waals surface area contributed by atoms with Gasteiger partial charge in [-0.2, -0.15) is 0 Å². The van der Waals surface area contributed by atoms with Gasteiger partial charge in [0.2, 0.25) is 0 Å². The molecule has 1 heteroatoms. The van der Waals surface area contributed by atoms with E-state index in [4.69, 9.17) is 0 Å². The van der Waals surface area contributed by atoms with E-state index >= 15 is 0 Å². The van der Waals surface area contributed by atoms with Gasteiger partial charge in [0.1, 0.15) is 0 Å². The summed E-state index contributed by atoms with van der Waals surface area (Å²) in [6.45, 7) is 2.21. The Hall–Kier alpha value is -1.11. The molecule has 0 aliphatic heterocycles. The number of Topliss-reactive ketones (excluding diaryl/α,β-unsaturated/α-hetero) is 1. The Balaban J connectivity index is 2.14. The first-order chi connectivity index (χ1) is 7.83. The molecular weight excluding hydrogens is 196 g/mol. The van der Waals surface area contributed by atoms with Crippen LogP contribution in [0.3, 0.4) is 0 Å². The van der Waals surface area contributed by atoms with Gasteiger partial charge in [0.15, 0.2) is 5.78 Å². The SMILES string of the molecule is CC[C@H]1CCCC[C@@H]1C(=O)c1ccccc1. The summed E-state index contributed by atoms with van der Waals surface area (Å²) >= 11 is 0. The maximum Gasteiger partial charge on any atom is 0.166 e. The molecule has 1 aliphatic rings. The highest BCUT2D eigenvalue weighted by Crippen LogP contribution is 2.34. The molecular formula is C15H20O. The van der Waals surface area contributed by atoms with Crippen LogP contribution in [0, 0.1) is 11.8 Å². The molecule has 0 saturated heterocycles. The number of rotatable bonds is 3. The molecule has 0 radical (unpaired) electrons. The van der Waals surface area contributed by atoms with Gasteiger partial charge in [-0.05, 0) is 18.8 Å². The van der Waals surface area contributed by atoms with Crippen LogP contribution in [0.25, 0.3) is 0 Å². The van der Waals surface area contributed by atoms with Crippen LogP contribution in [0.2, 0.25) is 0 Å². The molecule has 0 amide bonds. The maximum atomic E-state index is 12.4. The lowest BCUT2D eigenvalue weighted by Gasteiger charge is -2.29. The van der Waals surface area contributed by atoms with Gasteiger partial charge >= 0.3 is 0 Å². The molecule has 0 heterocycles. The maximum absolute atomic E-state index is 12.4. The highest BCUT2D eigenvalue weighted by molar-refractivity contribution is 5.98. The average molecular weight is 216 g/mol. The van der Waals surface area contributed by atoms with Gasteiger partial charge in [-0.15, -0.1) is 0 Å². The fraction of sp³-hybridized carbons (Fsp3) is 0.533. The van der Waals surface area contributed by atoms with Crippen molar-refractivity contribution in [3.05, 3.63) is 35.9 Å². The minimum Gasteiger partial charge on any atom is -0.294 e. The van der Waals surface area contributed by atoms with Crippen molar-refractivity contribution in [3.8, 4) is 0 Å². The van der Waals surface area contributed by atoms with Gasteiger partial charge in [0.05, 0.1) is 0 Å². The Morgan fingerprint density at radius 2 is 1.88 bits per heavy atom. The van der Waals surface area contributed by atoms with Gasteiger partial charge in [-0.3, -0.25) is 4.79 Å². The van der Waals surface area contributed by atoms with Crippen molar-refractivity contribution in [1.29, 1.82) is 0 Å². The number of carbonyl (C=O) groups excluding carboxylic acids is 1. The van der Waals surface area contributed by atoms with E-state index in [1.54, 1.807) is 0 Å². The third-order valence-corrected chi connectivity index (χ3v) is 3.83. The van der Waals surface area contributed by atoms with Crippen molar-refractivity contribution in [1.82, 2.24) is 0 Å². The molecule has 0 unspecified atom stereocenters. The summed E-state index contributed by atoms with van der Waals surface area (Å²) in [7, 11) is 0. The number of hydrogen-bond acceptors (Lipinski definition) is 1. The van der Waals surface area contributed by atoms with Crippen molar-refractivity contribution >= 4 is 5.78 Å². The normalized spacial score (nSPS) is 25.3. The zero-order valence-electron chi connectivity index (χ0n) is 9.99. The zero-order chi connectivity index (χ0) is 11.4. The second-order valence-corrected chi connectivity index (χ2v) is 4.79. The lowest BCUT2D eigenvalue weighted by Crippen LogP contribution is -2.26. The predicted molar refractivity (Wildman–Crippen MR) is 66.5 cm³/mol. The minimum absolute atomic E-state index is 0.279. The van der Waals surface area contributed by atoms with Crippen molar-refractivity contribution in [2.24, 2.45) is 11.8 Å². The van der Waals surface area contributed by atoms with Crippen molar-refractivity contribution in [3.63, 3.8) is 0 Å². The summed E-state index contributed by atoms with van der Waals surface area (Å²) in [6, 6.07) is 9.77. The van der Waals surface area contributed by atoms with Crippen molar-refractivity contribution in [2.75, 3.05) is 0 Å². The van der Waals surface area contributed by atoms with Crippen molar-refractivity contribution in [2.45, 2.75) is 39.0 Å². The molecule has 0 aromatic heterocycles. The first kappa shape index (κ1) is 11.4. The number of benzene rings is 1. The lowest BCUT2D eigenvalue weighted by atomic mass is 9.74. The summed E-state index contributed by atoms with van der Waals surface area (Å²) in [5.41, 5.74) is 0.896. The molecule has 1 fully saturated rings. The molecule has 1 nitrogen and oxygen atoms in total. The van der Waals surface area contributed by atoms with Crippen LogP contribution in [0.4, 0.5) is 0 Å².